The lowest BCUT2D eigenvalue weighted by Gasteiger charge is -2.31. The molecule has 0 atom stereocenters. The Hall–Kier alpha value is -10.3. The lowest BCUT2D eigenvalue weighted by molar-refractivity contribution is 0.794. The van der Waals surface area contributed by atoms with Crippen molar-refractivity contribution in [1.29, 1.82) is 0 Å². The molecule has 14 aromatic rings. The zero-order chi connectivity index (χ0) is 52.0. The van der Waals surface area contributed by atoms with E-state index in [2.05, 4.69) is 313 Å². The van der Waals surface area contributed by atoms with Crippen LogP contribution in [0.5, 0.6) is 0 Å². The minimum absolute atomic E-state index is 0.417. The highest BCUT2D eigenvalue weighted by atomic mass is 15.1. The molecular formula is C77H50N2. The molecular weight excluding hydrogens is 953 g/mol. The predicted octanol–water partition coefficient (Wildman–Crippen LogP) is 20.4. The van der Waals surface area contributed by atoms with Crippen LogP contribution in [-0.2, 0) is 5.41 Å². The van der Waals surface area contributed by atoms with Crippen LogP contribution in [0.4, 0.5) is 17.1 Å². The Morgan fingerprint density at radius 3 is 1.30 bits per heavy atom. The summed E-state index contributed by atoms with van der Waals surface area (Å²) in [6.07, 6.45) is 0. The van der Waals surface area contributed by atoms with Crippen LogP contribution < -0.4 is 4.90 Å². The molecule has 0 fully saturated rings. The molecule has 0 amide bonds. The first-order valence-electron chi connectivity index (χ1n) is 27.4. The molecule has 79 heavy (non-hydrogen) atoms. The Morgan fingerprint density at radius 2 is 0.684 bits per heavy atom. The quantitative estimate of drug-likeness (QED) is 0.147. The highest BCUT2D eigenvalue weighted by Gasteiger charge is 2.51. The summed E-state index contributed by atoms with van der Waals surface area (Å²) in [6, 6.07) is 112. The third-order valence-electron chi connectivity index (χ3n) is 17.0. The van der Waals surface area contributed by atoms with Crippen molar-refractivity contribution in [1.82, 2.24) is 4.57 Å². The van der Waals surface area contributed by atoms with Crippen molar-refractivity contribution in [3.63, 3.8) is 0 Å². The maximum Gasteiger partial charge on any atom is 0.0725 e. The van der Waals surface area contributed by atoms with Crippen LogP contribution in [-0.4, -0.2) is 4.57 Å². The topological polar surface area (TPSA) is 8.17 Å². The smallest absolute Gasteiger partial charge is 0.0725 e. The van der Waals surface area contributed by atoms with Gasteiger partial charge in [0.15, 0.2) is 0 Å². The van der Waals surface area contributed by atoms with Crippen molar-refractivity contribution < 1.29 is 0 Å². The number of para-hydroxylation sites is 2. The van der Waals surface area contributed by atoms with Gasteiger partial charge in [0.2, 0.25) is 0 Å². The molecule has 2 nitrogen and oxygen atoms in total. The van der Waals surface area contributed by atoms with Crippen molar-refractivity contribution in [2.45, 2.75) is 5.41 Å². The number of anilines is 3. The largest absolute Gasteiger partial charge is 0.310 e. The summed E-state index contributed by atoms with van der Waals surface area (Å²) in [5.41, 5.74) is 26.5. The summed E-state index contributed by atoms with van der Waals surface area (Å²) >= 11 is 0. The number of nitrogens with zero attached hydrogens (tertiary/aromatic N) is 2. The van der Waals surface area contributed by atoms with E-state index in [0.29, 0.717) is 0 Å². The maximum atomic E-state index is 2.45. The third kappa shape index (κ3) is 6.91. The first-order valence-corrected chi connectivity index (χ1v) is 27.4. The molecule has 0 aliphatic heterocycles. The summed E-state index contributed by atoms with van der Waals surface area (Å²) in [6.45, 7) is 0. The summed E-state index contributed by atoms with van der Waals surface area (Å²) < 4.78 is 2.39. The van der Waals surface area contributed by atoms with E-state index in [-0.39, 0.29) is 0 Å². The van der Waals surface area contributed by atoms with Gasteiger partial charge in [-0.1, -0.05) is 243 Å². The van der Waals surface area contributed by atoms with E-state index in [1.807, 2.05) is 0 Å². The van der Waals surface area contributed by atoms with Gasteiger partial charge < -0.3 is 9.47 Å². The van der Waals surface area contributed by atoms with Crippen molar-refractivity contribution in [3.05, 3.63) is 326 Å². The van der Waals surface area contributed by atoms with E-state index in [0.717, 1.165) is 33.9 Å². The molecule has 2 aliphatic rings. The van der Waals surface area contributed by atoms with Crippen LogP contribution in [0.1, 0.15) is 22.3 Å². The Morgan fingerprint density at radius 1 is 0.253 bits per heavy atom. The first kappa shape index (κ1) is 45.0. The Kier molecular flexibility index (Phi) is 10.2. The van der Waals surface area contributed by atoms with Crippen molar-refractivity contribution in [2.75, 3.05) is 4.90 Å². The molecule has 368 valence electrons. The Balaban J connectivity index is 0.817. The van der Waals surface area contributed by atoms with E-state index in [1.54, 1.807) is 0 Å². The van der Waals surface area contributed by atoms with Crippen molar-refractivity contribution in [2.24, 2.45) is 0 Å². The SMILES string of the molecule is c1ccc(-c2cccc3cccc(-c4ccc(N(c5cccc(-c6ccc(-c7cccc(-n8c9ccccc9c9ccccc98)c7)cc6)c5)c5ccc6c(c5)-c5ccccc5C65c6ccccc6-c6ccccc65)cc4)c23)cc1. The Bertz CT molecular complexity index is 4610. The minimum Gasteiger partial charge on any atom is -0.310 e. The first-order chi connectivity index (χ1) is 39.2. The summed E-state index contributed by atoms with van der Waals surface area (Å²) in [5, 5.41) is 5.02. The van der Waals surface area contributed by atoms with Gasteiger partial charge >= 0.3 is 0 Å². The van der Waals surface area contributed by atoms with Crippen molar-refractivity contribution >= 4 is 49.6 Å². The number of aromatic nitrogens is 1. The van der Waals surface area contributed by atoms with E-state index >= 15 is 0 Å². The standard InChI is InChI=1S/C77H50N2/c1-2-18-53(19-3-1)62-31-16-20-55-21-17-32-63(76(55)62)54-42-44-58(45-43-54)78(61-46-47-73-69(50-61)66-28-6-11-35-72(66)77(73)70-33-9-4-26-64(70)65-27-5-10-34-71(65)77)59-24-14-22-56(48-59)51-38-40-52(41-39-51)57-23-15-25-60(49-57)79-74-36-12-7-29-67(74)68-30-8-13-37-75(68)79/h1-50H. The molecule has 16 rings (SSSR count). The van der Waals surface area contributed by atoms with Gasteiger partial charge in [0.1, 0.15) is 0 Å². The van der Waals surface area contributed by atoms with Gasteiger partial charge in [0.05, 0.1) is 16.4 Å². The predicted molar refractivity (Wildman–Crippen MR) is 331 cm³/mol. The summed E-state index contributed by atoms with van der Waals surface area (Å²) in [4.78, 5) is 2.45. The number of hydrogen-bond acceptors (Lipinski definition) is 1. The van der Waals surface area contributed by atoms with Crippen LogP contribution in [0.2, 0.25) is 0 Å². The second-order valence-corrected chi connectivity index (χ2v) is 21.1. The molecule has 0 unspecified atom stereocenters. The zero-order valence-corrected chi connectivity index (χ0v) is 43.3. The number of hydrogen-bond donors (Lipinski definition) is 0. The van der Waals surface area contributed by atoms with Gasteiger partial charge in [-0.3, -0.25) is 0 Å². The molecule has 1 spiro atoms. The normalized spacial score (nSPS) is 12.7. The van der Waals surface area contributed by atoms with Crippen molar-refractivity contribution in [3.8, 4) is 72.4 Å². The molecule has 0 saturated heterocycles. The third-order valence-corrected chi connectivity index (χ3v) is 17.0. The number of fused-ring (bicyclic) bond motifs is 14. The van der Waals surface area contributed by atoms with Crippen LogP contribution >= 0.6 is 0 Å². The van der Waals surface area contributed by atoms with Crippen LogP contribution in [0.15, 0.2) is 303 Å². The van der Waals surface area contributed by atoms with Crippen LogP contribution in [0.3, 0.4) is 0 Å². The Labute approximate surface area is 460 Å². The monoisotopic (exact) mass is 1000 g/mol. The average Bonchev–Trinajstić information content (AvgIpc) is 2.83. The second-order valence-electron chi connectivity index (χ2n) is 21.1. The lowest BCUT2D eigenvalue weighted by atomic mass is 9.70. The molecule has 0 radical (unpaired) electrons. The van der Waals surface area contributed by atoms with Gasteiger partial charge in [-0.2, -0.15) is 0 Å². The van der Waals surface area contributed by atoms with Gasteiger partial charge in [-0.05, 0) is 160 Å². The molecule has 1 aromatic heterocycles. The van der Waals surface area contributed by atoms with Gasteiger partial charge in [-0.15, -0.1) is 0 Å². The van der Waals surface area contributed by atoms with E-state index in [9.17, 15) is 0 Å². The fourth-order valence-electron chi connectivity index (χ4n) is 13.6. The van der Waals surface area contributed by atoms with Gasteiger partial charge in [-0.25, -0.2) is 0 Å². The fourth-order valence-corrected chi connectivity index (χ4v) is 13.6. The van der Waals surface area contributed by atoms with Crippen LogP contribution in [0, 0.1) is 0 Å². The molecule has 2 heteroatoms. The lowest BCUT2D eigenvalue weighted by Crippen LogP contribution is -2.25. The van der Waals surface area contributed by atoms with E-state index in [4.69, 9.17) is 0 Å². The zero-order valence-electron chi connectivity index (χ0n) is 43.3. The highest BCUT2D eigenvalue weighted by Crippen LogP contribution is 2.63. The summed E-state index contributed by atoms with van der Waals surface area (Å²) in [7, 11) is 0. The maximum absolute atomic E-state index is 2.45. The molecule has 0 N–H and O–H groups in total. The fraction of sp³-hybridized carbons (Fsp3) is 0.0130. The molecule has 0 saturated carbocycles. The molecule has 13 aromatic carbocycles. The van der Waals surface area contributed by atoms with Crippen LogP contribution in [0.25, 0.3) is 105 Å². The average molecular weight is 1000 g/mol. The molecule has 2 aliphatic carbocycles. The number of rotatable bonds is 8. The van der Waals surface area contributed by atoms with E-state index in [1.165, 1.54) is 110 Å². The minimum atomic E-state index is -0.417. The highest BCUT2D eigenvalue weighted by molar-refractivity contribution is 6.10. The molecule has 0 bridgehead atoms. The van der Waals surface area contributed by atoms with E-state index < -0.39 is 5.41 Å². The second kappa shape index (κ2) is 17.9. The molecule has 1 heterocycles. The summed E-state index contributed by atoms with van der Waals surface area (Å²) in [5.74, 6) is 0. The number of benzene rings is 13. The van der Waals surface area contributed by atoms with Gasteiger partial charge in [0.25, 0.3) is 0 Å². The van der Waals surface area contributed by atoms with Gasteiger partial charge in [0, 0.05) is 33.5 Å².